The minimum absolute atomic E-state index is 0.539. The van der Waals surface area contributed by atoms with Crippen molar-refractivity contribution in [3.05, 3.63) is 0 Å². The second-order valence-corrected chi connectivity index (χ2v) is 3.37. The van der Waals surface area contributed by atoms with E-state index in [1.54, 1.807) is 0 Å². The molecule has 4 heteroatoms. The molecule has 0 spiro atoms. The highest BCUT2D eigenvalue weighted by Gasteiger charge is 1.97. The first-order chi connectivity index (χ1) is 4.18. The van der Waals surface area contributed by atoms with Gasteiger partial charge in [0.1, 0.15) is 0 Å². The van der Waals surface area contributed by atoms with E-state index in [4.69, 9.17) is 17.4 Å². The molecule has 0 bridgehead atoms. The normalized spacial score (nSPS) is 9.22. The highest BCUT2D eigenvalue weighted by molar-refractivity contribution is 8.22. The smallest absolute Gasteiger partial charge is 0.159 e. The highest BCUT2D eigenvalue weighted by atomic mass is 32.2. The van der Waals surface area contributed by atoms with Crippen LogP contribution in [0.2, 0.25) is 0 Å². The fourth-order valence-corrected chi connectivity index (χ4v) is 1.10. The molecule has 0 radical (unpaired) electrons. The first-order valence-electron chi connectivity index (χ1n) is 2.77. The number of hydrogen-bond donors (Lipinski definition) is 1. The Kier molecular flexibility index (Phi) is 5.13. The summed E-state index contributed by atoms with van der Waals surface area (Å²) < 4.78 is 0.539. The van der Waals surface area contributed by atoms with E-state index in [0.717, 1.165) is 17.2 Å². The van der Waals surface area contributed by atoms with Crippen molar-refractivity contribution >= 4 is 28.3 Å². The van der Waals surface area contributed by atoms with Gasteiger partial charge >= 0.3 is 0 Å². The monoisotopic (exact) mass is 165 g/mol. The van der Waals surface area contributed by atoms with Crippen molar-refractivity contribution in [3.8, 4) is 0 Å². The molecule has 0 saturated carbocycles. The van der Waals surface area contributed by atoms with Gasteiger partial charge in [0.25, 0.3) is 0 Å². The summed E-state index contributed by atoms with van der Waals surface area (Å²) in [7, 11) is 1.53. The van der Waals surface area contributed by atoms with Crippen LogP contribution >= 0.6 is 24.0 Å². The third kappa shape index (κ3) is 4.69. The van der Waals surface area contributed by atoms with Gasteiger partial charge in [-0.25, -0.2) is 5.06 Å². The summed E-state index contributed by atoms with van der Waals surface area (Å²) in [6.07, 6.45) is 1.08. The van der Waals surface area contributed by atoms with E-state index in [0.29, 0.717) is 4.32 Å². The topological polar surface area (TPSA) is 23.5 Å². The molecule has 0 aliphatic carbocycles. The molecule has 0 aromatic carbocycles. The van der Waals surface area contributed by atoms with Gasteiger partial charge in [-0.2, -0.15) is 0 Å². The minimum Gasteiger partial charge on any atom is -0.287 e. The van der Waals surface area contributed by atoms with Crippen LogP contribution in [0.5, 0.6) is 0 Å². The molecule has 0 atom stereocenters. The first-order valence-corrected chi connectivity index (χ1v) is 4.17. The summed E-state index contributed by atoms with van der Waals surface area (Å²) in [6, 6.07) is 0. The summed E-state index contributed by atoms with van der Waals surface area (Å²) in [5, 5.41) is 9.69. The Hall–Kier alpha value is 0.200. The molecule has 0 aliphatic rings. The highest BCUT2D eigenvalue weighted by Crippen LogP contribution is 2.06. The zero-order valence-corrected chi connectivity index (χ0v) is 7.26. The first kappa shape index (κ1) is 9.20. The lowest BCUT2D eigenvalue weighted by atomic mass is 10.6. The van der Waals surface area contributed by atoms with Gasteiger partial charge in [-0.1, -0.05) is 30.9 Å². The van der Waals surface area contributed by atoms with Gasteiger partial charge < -0.3 is 0 Å². The predicted molar refractivity (Wildman–Crippen MR) is 44.9 cm³/mol. The van der Waals surface area contributed by atoms with Crippen molar-refractivity contribution in [2.24, 2.45) is 0 Å². The van der Waals surface area contributed by atoms with Crippen LogP contribution < -0.4 is 0 Å². The second-order valence-electron chi connectivity index (χ2n) is 1.64. The molecule has 0 fully saturated rings. The Morgan fingerprint density at radius 3 is 2.67 bits per heavy atom. The summed E-state index contributed by atoms with van der Waals surface area (Å²) >= 11 is 6.27. The molecule has 0 aromatic rings. The van der Waals surface area contributed by atoms with Gasteiger partial charge in [-0.15, -0.1) is 0 Å². The van der Waals surface area contributed by atoms with E-state index in [1.807, 2.05) is 0 Å². The van der Waals surface area contributed by atoms with Crippen molar-refractivity contribution < 1.29 is 5.21 Å². The zero-order chi connectivity index (χ0) is 7.28. The summed E-state index contributed by atoms with van der Waals surface area (Å²) in [5.74, 6) is 0.976. The molecule has 0 aromatic heterocycles. The molecule has 54 valence electrons. The third-order valence-corrected chi connectivity index (χ3v) is 2.44. The predicted octanol–water partition coefficient (Wildman–Crippen LogP) is 1.74. The maximum atomic E-state index is 8.72. The maximum absolute atomic E-state index is 8.72. The van der Waals surface area contributed by atoms with E-state index in [1.165, 1.54) is 18.8 Å². The fourth-order valence-electron chi connectivity index (χ4n) is 0.283. The fraction of sp³-hybridized carbons (Fsp3) is 0.800. The number of thioether (sulfide) groups is 1. The van der Waals surface area contributed by atoms with E-state index < -0.39 is 0 Å². The van der Waals surface area contributed by atoms with E-state index in [9.17, 15) is 0 Å². The van der Waals surface area contributed by atoms with E-state index in [2.05, 4.69) is 6.92 Å². The lowest BCUT2D eigenvalue weighted by molar-refractivity contribution is 0.0205. The Balaban J connectivity index is 3.28. The Morgan fingerprint density at radius 2 is 2.33 bits per heavy atom. The van der Waals surface area contributed by atoms with Crippen LogP contribution in [0.25, 0.3) is 0 Å². The molecule has 1 N–H and O–H groups in total. The molecule has 0 heterocycles. The maximum Gasteiger partial charge on any atom is 0.159 e. The average Bonchev–Trinajstić information content (AvgIpc) is 1.82. The van der Waals surface area contributed by atoms with Crippen molar-refractivity contribution in [1.29, 1.82) is 0 Å². The third-order valence-electron chi connectivity index (χ3n) is 0.694. The molecule has 2 nitrogen and oxygen atoms in total. The Labute approximate surface area is 65.2 Å². The quantitative estimate of drug-likeness (QED) is 0.497. The molecule has 0 aliphatic heterocycles. The molecule has 0 amide bonds. The molecule has 0 saturated heterocycles. The van der Waals surface area contributed by atoms with Crippen LogP contribution in [-0.4, -0.2) is 27.4 Å². The van der Waals surface area contributed by atoms with Gasteiger partial charge in [-0.3, -0.25) is 5.21 Å². The van der Waals surface area contributed by atoms with Crippen LogP contribution in [0.1, 0.15) is 13.3 Å². The number of hydrogen-bond acceptors (Lipinski definition) is 3. The molecular weight excluding hydrogens is 154 g/mol. The number of rotatable bonds is 2. The molecule has 0 unspecified atom stereocenters. The largest absolute Gasteiger partial charge is 0.287 e. The number of nitrogens with zero attached hydrogens (tertiary/aromatic N) is 1. The van der Waals surface area contributed by atoms with Gasteiger partial charge in [0.15, 0.2) is 4.32 Å². The van der Waals surface area contributed by atoms with Gasteiger partial charge in [0, 0.05) is 12.8 Å². The van der Waals surface area contributed by atoms with Crippen molar-refractivity contribution in [1.82, 2.24) is 5.06 Å². The number of thiocarbonyl (C=S) groups is 1. The van der Waals surface area contributed by atoms with Gasteiger partial charge in [0.2, 0.25) is 0 Å². The summed E-state index contributed by atoms with van der Waals surface area (Å²) in [5.41, 5.74) is 0. The van der Waals surface area contributed by atoms with Crippen molar-refractivity contribution in [3.63, 3.8) is 0 Å². The van der Waals surface area contributed by atoms with Crippen molar-refractivity contribution in [2.45, 2.75) is 13.3 Å². The lowest BCUT2D eigenvalue weighted by Gasteiger charge is -2.08. The second kappa shape index (κ2) is 5.02. The van der Waals surface area contributed by atoms with Crippen LogP contribution in [0, 0.1) is 0 Å². The van der Waals surface area contributed by atoms with Crippen LogP contribution in [0.4, 0.5) is 0 Å². The molecular formula is C5H11NOS2. The molecule has 9 heavy (non-hydrogen) atoms. The van der Waals surface area contributed by atoms with Crippen molar-refractivity contribution in [2.75, 3.05) is 12.8 Å². The average molecular weight is 165 g/mol. The van der Waals surface area contributed by atoms with Gasteiger partial charge in [-0.05, 0) is 6.42 Å². The summed E-state index contributed by atoms with van der Waals surface area (Å²) in [4.78, 5) is 0. The molecule has 0 rings (SSSR count). The van der Waals surface area contributed by atoms with E-state index in [-0.39, 0.29) is 0 Å². The SMILES string of the molecule is CCCSC(=S)N(C)O. The Bertz CT molecular complexity index is 95.0. The van der Waals surface area contributed by atoms with Crippen LogP contribution in [0.15, 0.2) is 0 Å². The Morgan fingerprint density at radius 1 is 1.78 bits per heavy atom. The standard InChI is InChI=1S/C5H11NOS2/c1-3-4-9-5(8)6(2)7/h7H,3-4H2,1-2H3. The van der Waals surface area contributed by atoms with Crippen LogP contribution in [-0.2, 0) is 0 Å². The van der Waals surface area contributed by atoms with Gasteiger partial charge in [0.05, 0.1) is 0 Å². The number of hydroxylamine groups is 2. The summed E-state index contributed by atoms with van der Waals surface area (Å²) in [6.45, 7) is 2.08. The minimum atomic E-state index is 0.539. The zero-order valence-electron chi connectivity index (χ0n) is 5.63. The lowest BCUT2D eigenvalue weighted by Crippen LogP contribution is -2.17. The van der Waals surface area contributed by atoms with E-state index >= 15 is 0 Å². The van der Waals surface area contributed by atoms with Crippen LogP contribution in [0.3, 0.4) is 0 Å².